The number of hydrogen-bond donors (Lipinski definition) is 1. The third kappa shape index (κ3) is 2.56. The number of hydrogen-bond acceptors (Lipinski definition) is 3. The molecule has 0 aliphatic carbocycles. The van der Waals surface area contributed by atoms with Crippen LogP contribution in [0.15, 0.2) is 59.0 Å². The minimum atomic E-state index is -1.09. The molecule has 0 radical (unpaired) electrons. The quantitative estimate of drug-likeness (QED) is 0.786. The molecule has 3 rings (SSSR count). The van der Waals surface area contributed by atoms with Gasteiger partial charge in [-0.05, 0) is 17.2 Å². The zero-order chi connectivity index (χ0) is 14.8. The average molecular weight is 279 g/mol. The molecule has 0 atom stereocenters. The molecular formula is C17H13NO3. The van der Waals surface area contributed by atoms with Crippen molar-refractivity contribution in [2.45, 2.75) is 6.92 Å². The molecule has 2 aromatic carbocycles. The van der Waals surface area contributed by atoms with Gasteiger partial charge in [-0.1, -0.05) is 48.5 Å². The van der Waals surface area contributed by atoms with E-state index in [1.807, 2.05) is 54.6 Å². The van der Waals surface area contributed by atoms with Crippen molar-refractivity contribution >= 4 is 5.97 Å². The fourth-order valence-corrected chi connectivity index (χ4v) is 2.24. The molecular weight excluding hydrogens is 266 g/mol. The molecule has 3 aromatic rings. The smallest absolute Gasteiger partial charge is 0.358 e. The monoisotopic (exact) mass is 279 g/mol. The van der Waals surface area contributed by atoms with Gasteiger partial charge in [-0.2, -0.15) is 0 Å². The van der Waals surface area contributed by atoms with Crippen LogP contribution in [0.5, 0.6) is 0 Å². The summed E-state index contributed by atoms with van der Waals surface area (Å²) >= 11 is 0. The minimum absolute atomic E-state index is 0.0577. The third-order valence-corrected chi connectivity index (χ3v) is 3.17. The molecule has 0 saturated heterocycles. The van der Waals surface area contributed by atoms with Gasteiger partial charge in [0.25, 0.3) is 0 Å². The van der Waals surface area contributed by atoms with Crippen LogP contribution in [0.4, 0.5) is 0 Å². The highest BCUT2D eigenvalue weighted by molar-refractivity contribution is 5.92. The Morgan fingerprint density at radius 1 is 1.00 bits per heavy atom. The molecule has 4 heteroatoms. The molecule has 0 bridgehead atoms. The maximum atomic E-state index is 11.2. The predicted octanol–water partition coefficient (Wildman–Crippen LogP) is 4.02. The van der Waals surface area contributed by atoms with Crippen LogP contribution in [0.3, 0.4) is 0 Å². The van der Waals surface area contributed by atoms with Gasteiger partial charge in [-0.3, -0.25) is 0 Å². The third-order valence-electron chi connectivity index (χ3n) is 3.17. The van der Waals surface area contributed by atoms with Crippen LogP contribution >= 0.6 is 0 Å². The van der Waals surface area contributed by atoms with Crippen molar-refractivity contribution in [2.75, 3.05) is 0 Å². The van der Waals surface area contributed by atoms with Gasteiger partial charge < -0.3 is 9.52 Å². The highest BCUT2D eigenvalue weighted by atomic mass is 16.4. The molecule has 0 fully saturated rings. The van der Waals surface area contributed by atoms with Crippen LogP contribution < -0.4 is 0 Å². The maximum absolute atomic E-state index is 11.2. The van der Waals surface area contributed by atoms with E-state index < -0.39 is 5.97 Å². The second-order valence-electron chi connectivity index (χ2n) is 4.66. The lowest BCUT2D eigenvalue weighted by atomic mass is 10.0. The topological polar surface area (TPSA) is 63.3 Å². The summed E-state index contributed by atoms with van der Waals surface area (Å²) in [5, 5.41) is 9.20. The maximum Gasteiger partial charge on any atom is 0.358 e. The summed E-state index contributed by atoms with van der Waals surface area (Å²) in [6.45, 7) is 1.64. The van der Waals surface area contributed by atoms with Crippen molar-refractivity contribution in [3.63, 3.8) is 0 Å². The minimum Gasteiger partial charge on any atom is -0.476 e. The fourth-order valence-electron chi connectivity index (χ4n) is 2.24. The highest BCUT2D eigenvalue weighted by Crippen LogP contribution is 2.29. The van der Waals surface area contributed by atoms with Crippen LogP contribution in [0.1, 0.15) is 16.4 Å². The van der Waals surface area contributed by atoms with Crippen molar-refractivity contribution in [3.05, 3.63) is 66.2 Å². The average Bonchev–Trinajstić information content (AvgIpc) is 2.91. The van der Waals surface area contributed by atoms with E-state index in [9.17, 15) is 9.90 Å². The summed E-state index contributed by atoms with van der Waals surface area (Å²) in [7, 11) is 0. The molecule has 104 valence electrons. The van der Waals surface area contributed by atoms with Crippen molar-refractivity contribution in [1.29, 1.82) is 0 Å². The molecule has 1 N–H and O–H groups in total. The van der Waals surface area contributed by atoms with Crippen LogP contribution in [-0.2, 0) is 0 Å². The van der Waals surface area contributed by atoms with Crippen LogP contribution in [0, 0.1) is 6.92 Å². The number of aromatic nitrogens is 1. The molecule has 21 heavy (non-hydrogen) atoms. The van der Waals surface area contributed by atoms with E-state index >= 15 is 0 Å². The number of carboxylic acids is 1. The number of rotatable bonds is 3. The van der Waals surface area contributed by atoms with E-state index in [1.165, 1.54) is 0 Å². The Balaban J connectivity index is 2.11. The molecule has 0 aliphatic rings. The molecule has 0 aliphatic heterocycles. The first-order valence-corrected chi connectivity index (χ1v) is 6.52. The Morgan fingerprint density at radius 3 is 2.38 bits per heavy atom. The van der Waals surface area contributed by atoms with Gasteiger partial charge in [-0.15, -0.1) is 0 Å². The lowest BCUT2D eigenvalue weighted by molar-refractivity contribution is 0.0691. The summed E-state index contributed by atoms with van der Waals surface area (Å²) in [5.41, 5.74) is 2.71. The van der Waals surface area contributed by atoms with Gasteiger partial charge in [-0.25, -0.2) is 9.78 Å². The number of oxazole rings is 1. The first-order chi connectivity index (χ1) is 10.1. The number of aromatic carboxylic acids is 1. The second-order valence-corrected chi connectivity index (χ2v) is 4.66. The zero-order valence-corrected chi connectivity index (χ0v) is 11.4. The summed E-state index contributed by atoms with van der Waals surface area (Å²) in [5.74, 6) is -0.461. The number of aryl methyl sites for hydroxylation is 1. The standard InChI is InChI=1S/C17H13NO3/c1-11-18-15(17(19)20)16(21-11)14-9-5-8-13(10-14)12-6-3-2-4-7-12/h2-10H,1H3,(H,19,20). The Kier molecular flexibility index (Phi) is 3.28. The van der Waals surface area contributed by atoms with Gasteiger partial charge in [0.15, 0.2) is 17.3 Å². The van der Waals surface area contributed by atoms with Gasteiger partial charge in [0, 0.05) is 12.5 Å². The molecule has 0 unspecified atom stereocenters. The van der Waals surface area contributed by atoms with Crippen LogP contribution in [0.2, 0.25) is 0 Å². The van der Waals surface area contributed by atoms with E-state index in [4.69, 9.17) is 4.42 Å². The zero-order valence-electron chi connectivity index (χ0n) is 11.4. The molecule has 4 nitrogen and oxygen atoms in total. The fraction of sp³-hybridized carbons (Fsp3) is 0.0588. The van der Waals surface area contributed by atoms with E-state index in [2.05, 4.69) is 4.98 Å². The predicted molar refractivity (Wildman–Crippen MR) is 79.1 cm³/mol. The summed E-state index contributed by atoms with van der Waals surface area (Å²) in [6.07, 6.45) is 0. The van der Waals surface area contributed by atoms with Gasteiger partial charge in [0.1, 0.15) is 0 Å². The van der Waals surface area contributed by atoms with Crippen molar-refractivity contribution in [1.82, 2.24) is 4.98 Å². The largest absolute Gasteiger partial charge is 0.476 e. The van der Waals surface area contributed by atoms with E-state index in [0.29, 0.717) is 11.5 Å². The first kappa shape index (κ1) is 13.1. The first-order valence-electron chi connectivity index (χ1n) is 6.52. The summed E-state index contributed by atoms with van der Waals surface area (Å²) in [4.78, 5) is 15.2. The van der Waals surface area contributed by atoms with Gasteiger partial charge in [0.2, 0.25) is 0 Å². The van der Waals surface area contributed by atoms with Crippen LogP contribution in [0.25, 0.3) is 22.5 Å². The highest BCUT2D eigenvalue weighted by Gasteiger charge is 2.19. The number of nitrogens with zero attached hydrogens (tertiary/aromatic N) is 1. The molecule has 0 amide bonds. The molecule has 0 saturated carbocycles. The molecule has 0 spiro atoms. The lowest BCUT2D eigenvalue weighted by Gasteiger charge is -2.04. The van der Waals surface area contributed by atoms with Crippen LogP contribution in [-0.4, -0.2) is 16.1 Å². The Bertz CT molecular complexity index is 791. The second kappa shape index (κ2) is 5.25. The Hall–Kier alpha value is -2.88. The number of carboxylic acid groups (broad SMARTS) is 1. The van der Waals surface area contributed by atoms with Crippen molar-refractivity contribution < 1.29 is 14.3 Å². The molecule has 1 aromatic heterocycles. The number of benzene rings is 2. The number of carbonyl (C=O) groups is 1. The molecule has 1 heterocycles. The van der Waals surface area contributed by atoms with Gasteiger partial charge in [0.05, 0.1) is 0 Å². The summed E-state index contributed by atoms with van der Waals surface area (Å²) < 4.78 is 5.46. The van der Waals surface area contributed by atoms with E-state index in [1.54, 1.807) is 6.92 Å². The Labute approximate surface area is 121 Å². The van der Waals surface area contributed by atoms with E-state index in [-0.39, 0.29) is 11.5 Å². The van der Waals surface area contributed by atoms with E-state index in [0.717, 1.165) is 11.1 Å². The lowest BCUT2D eigenvalue weighted by Crippen LogP contribution is -1.98. The van der Waals surface area contributed by atoms with Gasteiger partial charge >= 0.3 is 5.97 Å². The Morgan fingerprint density at radius 2 is 1.67 bits per heavy atom. The van der Waals surface area contributed by atoms with Crippen molar-refractivity contribution in [3.8, 4) is 22.5 Å². The normalized spacial score (nSPS) is 10.5. The summed E-state index contributed by atoms with van der Waals surface area (Å²) in [6, 6.07) is 17.5. The van der Waals surface area contributed by atoms with Crippen molar-refractivity contribution in [2.24, 2.45) is 0 Å². The SMILES string of the molecule is Cc1nc(C(=O)O)c(-c2cccc(-c3ccccc3)c2)o1.